The molecule has 1 aromatic carbocycles. The summed E-state index contributed by atoms with van der Waals surface area (Å²) in [5.41, 5.74) is 7.23. The first kappa shape index (κ1) is 12.5. The van der Waals surface area contributed by atoms with Gasteiger partial charge in [-0.1, -0.05) is 0 Å². The monoisotopic (exact) mass is 293 g/mol. The number of rotatable bonds is 3. The van der Waals surface area contributed by atoms with E-state index >= 15 is 0 Å². The molecular formula is C14H19N3O2S. The van der Waals surface area contributed by atoms with Crippen LogP contribution in [0.25, 0.3) is 0 Å². The fourth-order valence-electron chi connectivity index (χ4n) is 4.55. The molecule has 0 radical (unpaired) electrons. The third kappa shape index (κ3) is 1.74. The summed E-state index contributed by atoms with van der Waals surface area (Å²) < 4.78 is 22.6. The molecule has 0 spiro atoms. The number of nitrogens with two attached hydrogens (primary N) is 2. The number of anilines is 2. The van der Waals surface area contributed by atoms with Gasteiger partial charge in [-0.2, -0.15) is 0 Å². The van der Waals surface area contributed by atoms with E-state index < -0.39 is 10.0 Å². The first-order valence-corrected chi connectivity index (χ1v) is 8.68. The van der Waals surface area contributed by atoms with Gasteiger partial charge in [-0.25, -0.2) is 13.6 Å². The molecule has 20 heavy (non-hydrogen) atoms. The highest BCUT2D eigenvalue weighted by Crippen LogP contribution is 2.66. The minimum atomic E-state index is -3.69. The van der Waals surface area contributed by atoms with Crippen LogP contribution in [0.1, 0.15) is 19.3 Å². The van der Waals surface area contributed by atoms with Gasteiger partial charge >= 0.3 is 0 Å². The van der Waals surface area contributed by atoms with Gasteiger partial charge in [0.25, 0.3) is 0 Å². The van der Waals surface area contributed by atoms with Crippen molar-refractivity contribution in [1.82, 2.24) is 0 Å². The molecule has 3 fully saturated rings. The Morgan fingerprint density at radius 2 is 1.80 bits per heavy atom. The summed E-state index contributed by atoms with van der Waals surface area (Å²) in [5.74, 6) is 3.41. The lowest BCUT2D eigenvalue weighted by Gasteiger charge is -2.14. The average molecular weight is 293 g/mol. The lowest BCUT2D eigenvalue weighted by molar-refractivity contribution is 0.456. The Hall–Kier alpha value is -1.27. The molecule has 6 heteroatoms. The molecule has 4 unspecified atom stereocenters. The number of benzene rings is 1. The normalized spacial score (nSPS) is 37.8. The molecule has 0 heterocycles. The topological polar surface area (TPSA) is 98.2 Å². The molecule has 108 valence electrons. The zero-order valence-corrected chi connectivity index (χ0v) is 11.9. The molecular weight excluding hydrogens is 274 g/mol. The number of hydrogen-bond donors (Lipinski definition) is 3. The van der Waals surface area contributed by atoms with Crippen molar-refractivity contribution in [3.63, 3.8) is 0 Å². The van der Waals surface area contributed by atoms with Crippen molar-refractivity contribution in [2.45, 2.75) is 30.2 Å². The SMILES string of the molecule is Nc1cc(S(N)(=O)=O)ccc1NC1C2C3CCC(C3)C12. The van der Waals surface area contributed by atoms with Crippen LogP contribution >= 0.6 is 0 Å². The van der Waals surface area contributed by atoms with Gasteiger partial charge in [0, 0.05) is 6.04 Å². The molecule has 0 aromatic heterocycles. The smallest absolute Gasteiger partial charge is 0.238 e. The standard InChI is InChI=1S/C14H19N3O2S/c15-10-6-9(20(16,18)19)3-4-11(10)17-14-12-7-1-2-8(5-7)13(12)14/h3-4,6-8,12-14,17H,1-2,5,15H2,(H2,16,18,19). The maximum atomic E-state index is 11.3. The van der Waals surface area contributed by atoms with Crippen LogP contribution in [0, 0.1) is 23.7 Å². The molecule has 2 bridgehead atoms. The van der Waals surface area contributed by atoms with Crippen molar-refractivity contribution in [2.75, 3.05) is 11.1 Å². The summed E-state index contributed by atoms with van der Waals surface area (Å²) in [4.78, 5) is 0.0663. The summed E-state index contributed by atoms with van der Waals surface area (Å²) in [6.45, 7) is 0. The molecule has 3 aliphatic carbocycles. The minimum Gasteiger partial charge on any atom is -0.397 e. The number of sulfonamides is 1. The van der Waals surface area contributed by atoms with Gasteiger partial charge in [0.05, 0.1) is 16.3 Å². The molecule has 0 saturated heterocycles. The predicted molar refractivity (Wildman–Crippen MR) is 77.4 cm³/mol. The highest BCUT2D eigenvalue weighted by Gasteiger charge is 2.65. The number of fused-ring (bicyclic) bond motifs is 5. The second kappa shape index (κ2) is 3.89. The van der Waals surface area contributed by atoms with Crippen molar-refractivity contribution < 1.29 is 8.42 Å². The second-order valence-electron chi connectivity index (χ2n) is 6.45. The lowest BCUT2D eigenvalue weighted by atomic mass is 10.0. The molecule has 4 rings (SSSR count). The van der Waals surface area contributed by atoms with Crippen LogP contribution in [-0.2, 0) is 10.0 Å². The maximum Gasteiger partial charge on any atom is 0.238 e. The highest BCUT2D eigenvalue weighted by molar-refractivity contribution is 7.89. The van der Waals surface area contributed by atoms with E-state index in [1.54, 1.807) is 6.07 Å². The Labute approximate surface area is 118 Å². The van der Waals surface area contributed by atoms with E-state index in [1.165, 1.54) is 31.4 Å². The highest BCUT2D eigenvalue weighted by atomic mass is 32.2. The van der Waals surface area contributed by atoms with Crippen LogP contribution < -0.4 is 16.2 Å². The van der Waals surface area contributed by atoms with Crippen LogP contribution in [0.2, 0.25) is 0 Å². The van der Waals surface area contributed by atoms with E-state index in [0.717, 1.165) is 29.4 Å². The summed E-state index contributed by atoms with van der Waals surface area (Å²) in [5, 5.41) is 8.61. The molecule has 0 aliphatic heterocycles. The molecule has 5 N–H and O–H groups in total. The average Bonchev–Trinajstić information content (AvgIpc) is 2.78. The lowest BCUT2D eigenvalue weighted by Crippen LogP contribution is -2.15. The Balaban J connectivity index is 1.53. The number of hydrogen-bond acceptors (Lipinski definition) is 4. The summed E-state index contributed by atoms with van der Waals surface area (Å²) in [6.07, 6.45) is 4.17. The van der Waals surface area contributed by atoms with Crippen LogP contribution in [0.4, 0.5) is 11.4 Å². The number of nitrogen functional groups attached to an aromatic ring is 1. The molecule has 3 aliphatic rings. The van der Waals surface area contributed by atoms with E-state index in [-0.39, 0.29) is 4.90 Å². The Kier molecular flexibility index (Phi) is 2.42. The van der Waals surface area contributed by atoms with Crippen molar-refractivity contribution >= 4 is 21.4 Å². The molecule has 1 aromatic rings. The van der Waals surface area contributed by atoms with Crippen LogP contribution in [0.5, 0.6) is 0 Å². The Morgan fingerprint density at radius 1 is 1.15 bits per heavy atom. The quantitative estimate of drug-likeness (QED) is 0.733. The van der Waals surface area contributed by atoms with E-state index in [1.807, 2.05) is 0 Å². The Bertz CT molecular complexity index is 657. The van der Waals surface area contributed by atoms with Crippen LogP contribution in [0.3, 0.4) is 0 Å². The Morgan fingerprint density at radius 3 is 2.35 bits per heavy atom. The van der Waals surface area contributed by atoms with Crippen molar-refractivity contribution in [3.8, 4) is 0 Å². The van der Waals surface area contributed by atoms with Gasteiger partial charge in [0.2, 0.25) is 10.0 Å². The summed E-state index contributed by atoms with van der Waals surface area (Å²) in [7, 11) is -3.69. The van der Waals surface area contributed by atoms with Crippen molar-refractivity contribution in [3.05, 3.63) is 18.2 Å². The van der Waals surface area contributed by atoms with Gasteiger partial charge in [-0.3, -0.25) is 0 Å². The molecule has 0 amide bonds. The van der Waals surface area contributed by atoms with Crippen molar-refractivity contribution in [2.24, 2.45) is 28.8 Å². The number of primary sulfonamides is 1. The van der Waals surface area contributed by atoms with Crippen LogP contribution in [0.15, 0.2) is 23.1 Å². The first-order valence-electron chi connectivity index (χ1n) is 7.14. The van der Waals surface area contributed by atoms with Gasteiger partial charge in [0.15, 0.2) is 0 Å². The van der Waals surface area contributed by atoms with Crippen molar-refractivity contribution in [1.29, 1.82) is 0 Å². The predicted octanol–water partition coefficient (Wildman–Crippen LogP) is 1.37. The third-order valence-electron chi connectivity index (χ3n) is 5.41. The van der Waals surface area contributed by atoms with Crippen LogP contribution in [-0.4, -0.2) is 14.5 Å². The largest absolute Gasteiger partial charge is 0.397 e. The summed E-state index contributed by atoms with van der Waals surface area (Å²) >= 11 is 0. The zero-order valence-electron chi connectivity index (χ0n) is 11.1. The zero-order chi connectivity index (χ0) is 14.1. The third-order valence-corrected chi connectivity index (χ3v) is 6.32. The fraction of sp³-hybridized carbons (Fsp3) is 0.571. The van der Waals surface area contributed by atoms with E-state index in [0.29, 0.717) is 11.7 Å². The molecule has 3 saturated carbocycles. The minimum absolute atomic E-state index is 0.0663. The van der Waals surface area contributed by atoms with Gasteiger partial charge < -0.3 is 11.1 Å². The van der Waals surface area contributed by atoms with E-state index in [2.05, 4.69) is 5.32 Å². The number of nitrogens with one attached hydrogen (secondary N) is 1. The molecule has 4 atom stereocenters. The van der Waals surface area contributed by atoms with Gasteiger partial charge in [0.1, 0.15) is 0 Å². The van der Waals surface area contributed by atoms with E-state index in [9.17, 15) is 8.42 Å². The van der Waals surface area contributed by atoms with E-state index in [4.69, 9.17) is 10.9 Å². The summed E-state index contributed by atoms with van der Waals surface area (Å²) in [6, 6.07) is 5.21. The molecule has 5 nitrogen and oxygen atoms in total. The van der Waals surface area contributed by atoms with Gasteiger partial charge in [-0.15, -0.1) is 0 Å². The van der Waals surface area contributed by atoms with Gasteiger partial charge in [-0.05, 0) is 61.1 Å². The second-order valence-corrected chi connectivity index (χ2v) is 8.01. The fourth-order valence-corrected chi connectivity index (χ4v) is 5.10. The maximum absolute atomic E-state index is 11.3. The first-order chi connectivity index (χ1) is 9.45.